The summed E-state index contributed by atoms with van der Waals surface area (Å²) < 4.78 is 32.4. The van der Waals surface area contributed by atoms with E-state index in [9.17, 15) is 14.0 Å². The van der Waals surface area contributed by atoms with Gasteiger partial charge >= 0.3 is 12.1 Å². The first kappa shape index (κ1) is 29.8. The maximum Gasteiger partial charge on any atom is 0.410 e. The van der Waals surface area contributed by atoms with Crippen molar-refractivity contribution in [2.24, 2.45) is 0 Å². The summed E-state index contributed by atoms with van der Waals surface area (Å²) in [6, 6.07) is 2.51. The van der Waals surface area contributed by atoms with E-state index < -0.39 is 30.1 Å². The number of aryl methyl sites for hydroxylation is 2. The lowest BCUT2D eigenvalue weighted by Gasteiger charge is -2.43. The molecule has 4 rings (SSSR count). The van der Waals surface area contributed by atoms with Crippen LogP contribution in [0.3, 0.4) is 0 Å². The smallest absolute Gasteiger partial charge is 0.410 e. The Morgan fingerprint density at radius 1 is 1.15 bits per heavy atom. The number of hydrogen-bond acceptors (Lipinski definition) is 6. The van der Waals surface area contributed by atoms with Gasteiger partial charge in [0.25, 0.3) is 0 Å². The normalized spacial score (nSPS) is 18.2. The van der Waals surface area contributed by atoms with Crippen LogP contribution in [-0.4, -0.2) is 66.0 Å². The summed E-state index contributed by atoms with van der Waals surface area (Å²) in [5.74, 6) is 0.145. The third-order valence-electron chi connectivity index (χ3n) is 7.82. The molecule has 0 radical (unpaired) electrons. The van der Waals surface area contributed by atoms with Crippen molar-refractivity contribution in [3.8, 4) is 5.69 Å². The van der Waals surface area contributed by atoms with E-state index in [0.29, 0.717) is 29.2 Å². The average Bonchev–Trinajstić information content (AvgIpc) is 3.50. The highest BCUT2D eigenvalue weighted by molar-refractivity contribution is 5.90. The second-order valence-corrected chi connectivity index (χ2v) is 11.9. The molecule has 1 aromatic carbocycles. The van der Waals surface area contributed by atoms with Crippen molar-refractivity contribution in [1.82, 2.24) is 20.0 Å². The molecule has 0 saturated heterocycles. The first-order valence-corrected chi connectivity index (χ1v) is 13.8. The molecule has 2 N–H and O–H groups in total. The molecule has 0 bridgehead atoms. The number of carbonyl (C=O) groups is 2. The number of halogens is 1. The molecule has 2 aliphatic rings. The minimum Gasteiger partial charge on any atom is -0.444 e. The van der Waals surface area contributed by atoms with E-state index >= 15 is 0 Å². The molecule has 1 fully saturated rings. The molecule has 11 heteroatoms. The van der Waals surface area contributed by atoms with E-state index in [-0.39, 0.29) is 17.8 Å². The molecule has 10 nitrogen and oxygen atoms in total. The lowest BCUT2D eigenvalue weighted by molar-refractivity contribution is -0.0970. The zero-order chi connectivity index (χ0) is 29.4. The van der Waals surface area contributed by atoms with Gasteiger partial charge in [-0.15, -0.1) is 0 Å². The number of anilines is 1. The summed E-state index contributed by atoms with van der Waals surface area (Å²) in [4.78, 5) is 28.4. The molecule has 1 saturated carbocycles. The Bertz CT molecular complexity index is 1240. The van der Waals surface area contributed by atoms with Gasteiger partial charge in [-0.1, -0.05) is 12.8 Å². The fourth-order valence-corrected chi connectivity index (χ4v) is 5.84. The molecule has 1 aromatic heterocycles. The van der Waals surface area contributed by atoms with Crippen molar-refractivity contribution >= 4 is 17.9 Å². The number of fused-ring (bicyclic) bond motifs is 2. The minimum absolute atomic E-state index is 0.119. The molecule has 1 aliphatic heterocycles. The third-order valence-corrected chi connectivity index (χ3v) is 7.82. The highest BCUT2D eigenvalue weighted by atomic mass is 19.1. The largest absolute Gasteiger partial charge is 0.444 e. The number of methoxy groups -OCH3 is 2. The monoisotopic (exact) mass is 559 g/mol. The highest BCUT2D eigenvalue weighted by Crippen LogP contribution is 2.51. The van der Waals surface area contributed by atoms with Crippen LogP contribution in [0.4, 0.5) is 19.8 Å². The Morgan fingerprint density at radius 3 is 2.30 bits per heavy atom. The average molecular weight is 560 g/mol. The van der Waals surface area contributed by atoms with E-state index in [1.54, 1.807) is 35.6 Å². The van der Waals surface area contributed by atoms with E-state index in [0.717, 1.165) is 36.9 Å². The van der Waals surface area contributed by atoms with Crippen LogP contribution >= 0.6 is 0 Å². The predicted molar refractivity (Wildman–Crippen MR) is 149 cm³/mol. The molecular formula is C29H42FN5O5. The number of amides is 3. The molecule has 2 heterocycles. The Balaban J connectivity index is 1.85. The molecule has 3 amide bonds. The number of hydrogen-bond donors (Lipinski definition) is 2. The van der Waals surface area contributed by atoms with Gasteiger partial charge in [-0.05, 0) is 77.6 Å². The lowest BCUT2D eigenvalue weighted by atomic mass is 9.75. The topological polar surface area (TPSA) is 107 Å². The van der Waals surface area contributed by atoms with Crippen LogP contribution < -0.4 is 10.6 Å². The summed E-state index contributed by atoms with van der Waals surface area (Å²) >= 11 is 0. The summed E-state index contributed by atoms with van der Waals surface area (Å²) in [6.45, 7) is 11.5. The Kier molecular flexibility index (Phi) is 8.46. The molecule has 0 unspecified atom stereocenters. The quantitative estimate of drug-likeness (QED) is 0.453. The van der Waals surface area contributed by atoms with Crippen LogP contribution in [0.1, 0.15) is 81.8 Å². The zero-order valence-electron chi connectivity index (χ0n) is 24.8. The van der Waals surface area contributed by atoms with Gasteiger partial charge in [0.05, 0.1) is 24.0 Å². The standard InChI is InChI=1S/C29H42FN5O5/c1-17-13-20(14-18(2)23(17)30)35-25(32-26(36)31-15-21(38-7)39-8)22-19(3)34(27(37)40-28(4,5)6)16-29(24(22)33-35)11-9-10-12-29/h13-14,19,21H,9-12,15-16H2,1-8H3,(H2,31,32,36)/t19-/m0/s1. The van der Waals surface area contributed by atoms with Crippen molar-refractivity contribution in [2.45, 2.75) is 90.6 Å². The van der Waals surface area contributed by atoms with Crippen LogP contribution in [-0.2, 0) is 19.6 Å². The van der Waals surface area contributed by atoms with E-state index in [4.69, 9.17) is 19.3 Å². The van der Waals surface area contributed by atoms with Gasteiger partial charge in [0, 0.05) is 31.7 Å². The van der Waals surface area contributed by atoms with E-state index in [1.165, 1.54) is 14.2 Å². The number of ether oxygens (including phenoxy) is 3. The number of urea groups is 1. The van der Waals surface area contributed by atoms with Gasteiger partial charge in [0.2, 0.25) is 0 Å². The number of carbonyl (C=O) groups excluding carboxylic acids is 2. The van der Waals surface area contributed by atoms with Crippen LogP contribution in [0.25, 0.3) is 5.69 Å². The maximum atomic E-state index is 14.6. The highest BCUT2D eigenvalue weighted by Gasteiger charge is 2.50. The van der Waals surface area contributed by atoms with Crippen LogP contribution in [0.15, 0.2) is 12.1 Å². The van der Waals surface area contributed by atoms with Gasteiger partial charge in [0.15, 0.2) is 6.29 Å². The van der Waals surface area contributed by atoms with Crippen LogP contribution in [0.5, 0.6) is 0 Å². The Hall–Kier alpha value is -3.18. The fourth-order valence-electron chi connectivity index (χ4n) is 5.84. The SMILES string of the molecule is COC(CNC(=O)Nc1c2c(nn1-c1cc(C)c(F)c(C)c1)C1(CCCC1)CN(C(=O)OC(C)(C)C)[C@H]2C)OC. The molecule has 1 spiro atoms. The lowest BCUT2D eigenvalue weighted by Crippen LogP contribution is -2.50. The van der Waals surface area contributed by atoms with Crippen molar-refractivity contribution in [1.29, 1.82) is 0 Å². The van der Waals surface area contributed by atoms with Gasteiger partial charge < -0.3 is 24.4 Å². The number of nitrogens with one attached hydrogen (secondary N) is 2. The summed E-state index contributed by atoms with van der Waals surface area (Å²) in [6.07, 6.45) is 2.72. The second kappa shape index (κ2) is 11.4. The van der Waals surface area contributed by atoms with Gasteiger partial charge in [0.1, 0.15) is 17.2 Å². The van der Waals surface area contributed by atoms with Crippen molar-refractivity contribution in [2.75, 3.05) is 32.6 Å². The Morgan fingerprint density at radius 2 is 1.75 bits per heavy atom. The molecule has 1 aliphatic carbocycles. The number of aromatic nitrogens is 2. The zero-order valence-corrected chi connectivity index (χ0v) is 24.8. The van der Waals surface area contributed by atoms with Crippen LogP contribution in [0, 0.1) is 19.7 Å². The molecule has 220 valence electrons. The number of rotatable bonds is 6. The Labute approximate surface area is 235 Å². The maximum absolute atomic E-state index is 14.6. The summed E-state index contributed by atoms with van der Waals surface area (Å²) in [5.41, 5.74) is 2.15. The van der Waals surface area contributed by atoms with Gasteiger partial charge in [-0.3, -0.25) is 5.32 Å². The van der Waals surface area contributed by atoms with Crippen molar-refractivity contribution in [3.63, 3.8) is 0 Å². The summed E-state index contributed by atoms with van der Waals surface area (Å²) in [5, 5.41) is 10.9. The van der Waals surface area contributed by atoms with Gasteiger partial charge in [-0.2, -0.15) is 5.10 Å². The first-order valence-electron chi connectivity index (χ1n) is 13.8. The fraction of sp³-hybridized carbons (Fsp3) is 0.621. The van der Waals surface area contributed by atoms with E-state index in [2.05, 4.69) is 10.6 Å². The summed E-state index contributed by atoms with van der Waals surface area (Å²) in [7, 11) is 2.98. The molecule has 40 heavy (non-hydrogen) atoms. The predicted octanol–water partition coefficient (Wildman–Crippen LogP) is 5.49. The third kappa shape index (κ3) is 5.81. The molecular weight excluding hydrogens is 517 g/mol. The van der Waals surface area contributed by atoms with Gasteiger partial charge in [-0.25, -0.2) is 18.7 Å². The minimum atomic E-state index is -0.659. The number of nitrogens with zero attached hydrogens (tertiary/aromatic N) is 3. The molecule has 1 atom stereocenters. The van der Waals surface area contributed by atoms with Crippen LogP contribution in [0.2, 0.25) is 0 Å². The van der Waals surface area contributed by atoms with E-state index in [1.807, 2.05) is 27.7 Å². The molecule has 2 aromatic rings. The van der Waals surface area contributed by atoms with Crippen molar-refractivity contribution < 1.29 is 28.2 Å². The first-order chi connectivity index (χ1) is 18.8. The number of benzene rings is 1. The van der Waals surface area contributed by atoms with Crippen molar-refractivity contribution in [3.05, 3.63) is 40.3 Å². The second-order valence-electron chi connectivity index (χ2n) is 11.9.